The minimum atomic E-state index is -0.269. The summed E-state index contributed by atoms with van der Waals surface area (Å²) in [5.41, 5.74) is 0.532. The van der Waals surface area contributed by atoms with E-state index in [2.05, 4.69) is 15.6 Å². The highest BCUT2D eigenvalue weighted by atomic mass is 16.5. The summed E-state index contributed by atoms with van der Waals surface area (Å²) in [7, 11) is 1.84. The molecule has 0 spiro atoms. The summed E-state index contributed by atoms with van der Waals surface area (Å²) in [6.07, 6.45) is 0.705. The molecule has 2 rings (SSSR count). The van der Waals surface area contributed by atoms with Crippen molar-refractivity contribution in [2.75, 3.05) is 44.7 Å². The molecule has 0 aromatic heterocycles. The zero-order chi connectivity index (χ0) is 21.4. The van der Waals surface area contributed by atoms with Gasteiger partial charge in [-0.1, -0.05) is 12.1 Å². The Morgan fingerprint density at radius 3 is 2.72 bits per heavy atom. The Balaban J connectivity index is 1.92. The van der Waals surface area contributed by atoms with Crippen molar-refractivity contribution in [1.82, 2.24) is 15.5 Å². The van der Waals surface area contributed by atoms with Gasteiger partial charge in [0.15, 0.2) is 12.6 Å². The number of rotatable bonds is 7. The Labute approximate surface area is 173 Å². The first-order chi connectivity index (χ1) is 13.7. The highest BCUT2D eigenvalue weighted by molar-refractivity contribution is 5.97. The SMILES string of the molecule is CCNC(=NCCCN1C(=O)COc2ccccc21)N(C)CC(=O)NC(C)(C)C. The third kappa shape index (κ3) is 6.96. The minimum Gasteiger partial charge on any atom is -0.482 e. The molecule has 2 amide bonds. The number of carbonyl (C=O) groups is 2. The van der Waals surface area contributed by atoms with E-state index in [4.69, 9.17) is 4.74 Å². The standard InChI is InChI=1S/C21H33N5O3/c1-6-22-20(25(5)14-18(27)24-21(2,3)4)23-12-9-13-26-16-10-7-8-11-17(16)29-15-19(26)28/h7-8,10-11H,6,9,12-15H2,1-5H3,(H,22,23)(H,24,27). The van der Waals surface area contributed by atoms with Crippen LogP contribution < -0.4 is 20.3 Å². The molecule has 1 aliphatic rings. The van der Waals surface area contributed by atoms with E-state index in [0.717, 1.165) is 11.4 Å². The van der Waals surface area contributed by atoms with E-state index in [1.807, 2.05) is 59.0 Å². The average Bonchev–Trinajstić information content (AvgIpc) is 2.64. The van der Waals surface area contributed by atoms with Crippen LogP contribution in [0.1, 0.15) is 34.1 Å². The van der Waals surface area contributed by atoms with Crippen molar-refractivity contribution < 1.29 is 14.3 Å². The Bertz CT molecular complexity index is 742. The fourth-order valence-corrected chi connectivity index (χ4v) is 3.03. The van der Waals surface area contributed by atoms with Gasteiger partial charge in [-0.05, 0) is 46.2 Å². The molecular weight excluding hydrogens is 370 g/mol. The molecular formula is C21H33N5O3. The second-order valence-electron chi connectivity index (χ2n) is 8.05. The van der Waals surface area contributed by atoms with Crippen molar-refractivity contribution in [2.45, 2.75) is 39.7 Å². The van der Waals surface area contributed by atoms with Gasteiger partial charge < -0.3 is 25.2 Å². The molecule has 0 atom stereocenters. The van der Waals surface area contributed by atoms with E-state index in [-0.39, 0.29) is 30.5 Å². The number of aliphatic imine (C=N–C) groups is 1. The van der Waals surface area contributed by atoms with Crippen LogP contribution in [-0.4, -0.2) is 68.0 Å². The molecule has 8 nitrogen and oxygen atoms in total. The monoisotopic (exact) mass is 403 g/mol. The molecule has 1 heterocycles. The number of hydrogen-bond acceptors (Lipinski definition) is 4. The molecule has 0 radical (unpaired) electrons. The van der Waals surface area contributed by atoms with E-state index in [9.17, 15) is 9.59 Å². The van der Waals surface area contributed by atoms with Crippen LogP contribution in [0.4, 0.5) is 5.69 Å². The Hall–Kier alpha value is -2.77. The number of fused-ring (bicyclic) bond motifs is 1. The van der Waals surface area contributed by atoms with E-state index < -0.39 is 0 Å². The van der Waals surface area contributed by atoms with Crippen LogP contribution in [0.25, 0.3) is 0 Å². The normalized spacial score (nSPS) is 14.2. The quantitative estimate of drug-likeness (QED) is 0.410. The van der Waals surface area contributed by atoms with Crippen LogP contribution in [0.2, 0.25) is 0 Å². The number of carbonyl (C=O) groups excluding carboxylic acids is 2. The molecule has 0 aliphatic carbocycles. The molecule has 2 N–H and O–H groups in total. The second kappa shape index (κ2) is 10.1. The molecule has 1 aromatic rings. The fourth-order valence-electron chi connectivity index (χ4n) is 3.03. The maximum Gasteiger partial charge on any atom is 0.265 e. The molecule has 8 heteroatoms. The van der Waals surface area contributed by atoms with Crippen molar-refractivity contribution in [1.29, 1.82) is 0 Å². The lowest BCUT2D eigenvalue weighted by Crippen LogP contribution is -2.48. The van der Waals surface area contributed by atoms with Crippen molar-refractivity contribution in [3.8, 4) is 5.75 Å². The van der Waals surface area contributed by atoms with Gasteiger partial charge in [0.25, 0.3) is 5.91 Å². The highest BCUT2D eigenvalue weighted by Crippen LogP contribution is 2.31. The van der Waals surface area contributed by atoms with Gasteiger partial charge in [-0.25, -0.2) is 0 Å². The molecule has 0 fully saturated rings. The summed E-state index contributed by atoms with van der Waals surface area (Å²) in [4.78, 5) is 32.6. The van der Waals surface area contributed by atoms with Crippen LogP contribution >= 0.6 is 0 Å². The van der Waals surface area contributed by atoms with Crippen LogP contribution in [0, 0.1) is 0 Å². The van der Waals surface area contributed by atoms with Gasteiger partial charge in [-0.15, -0.1) is 0 Å². The second-order valence-corrected chi connectivity index (χ2v) is 8.05. The highest BCUT2D eigenvalue weighted by Gasteiger charge is 2.24. The maximum absolute atomic E-state index is 12.2. The average molecular weight is 404 g/mol. The number of para-hydroxylation sites is 2. The maximum atomic E-state index is 12.2. The predicted molar refractivity (Wildman–Crippen MR) is 115 cm³/mol. The number of nitrogens with zero attached hydrogens (tertiary/aromatic N) is 3. The summed E-state index contributed by atoms with van der Waals surface area (Å²) >= 11 is 0. The number of hydrogen-bond donors (Lipinski definition) is 2. The first-order valence-corrected chi connectivity index (χ1v) is 10.0. The lowest BCUT2D eigenvalue weighted by Gasteiger charge is -2.29. The van der Waals surface area contributed by atoms with Crippen molar-refractivity contribution in [3.05, 3.63) is 24.3 Å². The molecule has 0 bridgehead atoms. The summed E-state index contributed by atoms with van der Waals surface area (Å²) < 4.78 is 5.47. The van der Waals surface area contributed by atoms with Crippen LogP contribution in [-0.2, 0) is 9.59 Å². The predicted octanol–water partition coefficient (Wildman–Crippen LogP) is 1.61. The van der Waals surface area contributed by atoms with E-state index in [0.29, 0.717) is 32.0 Å². The van der Waals surface area contributed by atoms with Crippen LogP contribution in [0.15, 0.2) is 29.3 Å². The number of likely N-dealkylation sites (N-methyl/N-ethyl adjacent to an activating group) is 1. The van der Waals surface area contributed by atoms with Gasteiger partial charge in [0.2, 0.25) is 5.91 Å². The van der Waals surface area contributed by atoms with Gasteiger partial charge >= 0.3 is 0 Å². The Kier molecular flexibility index (Phi) is 7.87. The van der Waals surface area contributed by atoms with Crippen LogP contribution in [0.3, 0.4) is 0 Å². The number of nitrogens with one attached hydrogen (secondary N) is 2. The third-order valence-electron chi connectivity index (χ3n) is 4.20. The Morgan fingerprint density at radius 2 is 2.03 bits per heavy atom. The largest absolute Gasteiger partial charge is 0.482 e. The number of anilines is 1. The lowest BCUT2D eigenvalue weighted by molar-refractivity contribution is -0.123. The van der Waals surface area contributed by atoms with E-state index in [1.165, 1.54) is 0 Å². The summed E-state index contributed by atoms with van der Waals surface area (Å²) in [6, 6.07) is 7.55. The van der Waals surface area contributed by atoms with Gasteiger partial charge in [0, 0.05) is 32.2 Å². The van der Waals surface area contributed by atoms with Gasteiger partial charge in [-0.3, -0.25) is 14.6 Å². The van der Waals surface area contributed by atoms with Crippen LogP contribution in [0.5, 0.6) is 5.75 Å². The smallest absolute Gasteiger partial charge is 0.265 e. The van der Waals surface area contributed by atoms with Gasteiger partial charge in [0.05, 0.1) is 12.2 Å². The van der Waals surface area contributed by atoms with Gasteiger partial charge in [-0.2, -0.15) is 0 Å². The molecule has 0 saturated carbocycles. The van der Waals surface area contributed by atoms with E-state index in [1.54, 1.807) is 9.80 Å². The topological polar surface area (TPSA) is 86.3 Å². The lowest BCUT2D eigenvalue weighted by atomic mass is 10.1. The molecule has 1 aliphatic heterocycles. The van der Waals surface area contributed by atoms with E-state index >= 15 is 0 Å². The zero-order valence-corrected chi connectivity index (χ0v) is 18.1. The number of ether oxygens (including phenoxy) is 1. The minimum absolute atomic E-state index is 0.0458. The van der Waals surface area contributed by atoms with Gasteiger partial charge in [0.1, 0.15) is 5.75 Å². The first kappa shape index (κ1) is 22.5. The Morgan fingerprint density at radius 1 is 1.31 bits per heavy atom. The number of benzene rings is 1. The molecule has 1 aromatic carbocycles. The van der Waals surface area contributed by atoms with Crippen molar-refractivity contribution in [3.63, 3.8) is 0 Å². The molecule has 0 saturated heterocycles. The molecule has 29 heavy (non-hydrogen) atoms. The number of guanidine groups is 1. The fraction of sp³-hybridized carbons (Fsp3) is 0.571. The number of amides is 2. The zero-order valence-electron chi connectivity index (χ0n) is 18.1. The summed E-state index contributed by atoms with van der Waals surface area (Å²) in [6.45, 7) is 9.95. The molecule has 0 unspecified atom stereocenters. The summed E-state index contributed by atoms with van der Waals surface area (Å²) in [5.74, 6) is 1.30. The summed E-state index contributed by atoms with van der Waals surface area (Å²) in [5, 5.41) is 6.16. The first-order valence-electron chi connectivity index (χ1n) is 10.0. The molecule has 160 valence electrons. The van der Waals surface area contributed by atoms with Crippen molar-refractivity contribution >= 4 is 23.5 Å². The van der Waals surface area contributed by atoms with Crippen molar-refractivity contribution in [2.24, 2.45) is 4.99 Å². The third-order valence-corrected chi connectivity index (χ3v) is 4.20.